The van der Waals surface area contributed by atoms with Crippen LogP contribution in [0.3, 0.4) is 0 Å². The molecule has 0 N–H and O–H groups in total. The minimum absolute atomic E-state index is 0.0160. The van der Waals surface area contributed by atoms with E-state index in [-0.39, 0.29) is 6.23 Å². The minimum atomic E-state index is -0.408. The molecule has 194 valence electrons. The van der Waals surface area contributed by atoms with Crippen molar-refractivity contribution < 1.29 is 14.0 Å². The molecule has 0 radical (unpaired) electrons. The maximum Gasteiger partial charge on any atom is 0.491 e. The molecule has 2 aliphatic rings. The predicted molar refractivity (Wildman–Crippen MR) is 152 cm³/mol. The van der Waals surface area contributed by atoms with Crippen LogP contribution >= 0.6 is 0 Å². The van der Waals surface area contributed by atoms with Crippen molar-refractivity contribution in [3.05, 3.63) is 76.9 Å². The second-order valence-corrected chi connectivity index (χ2v) is 11.1. The minimum Gasteiger partial charge on any atom is -0.400 e. The number of ether oxygens (including phenoxy) is 1. The van der Waals surface area contributed by atoms with Crippen LogP contribution in [-0.2, 0) is 14.0 Å². The van der Waals surface area contributed by atoms with Gasteiger partial charge < -0.3 is 14.0 Å². The number of aromatic nitrogens is 2. The van der Waals surface area contributed by atoms with Crippen LogP contribution in [0.5, 0.6) is 0 Å². The van der Waals surface area contributed by atoms with Crippen molar-refractivity contribution in [1.82, 2.24) is 9.78 Å². The van der Waals surface area contributed by atoms with Crippen molar-refractivity contribution in [2.75, 3.05) is 6.61 Å². The summed E-state index contributed by atoms with van der Waals surface area (Å²) in [6, 6.07) is 15.4. The van der Waals surface area contributed by atoms with E-state index in [1.165, 1.54) is 12.0 Å². The highest BCUT2D eigenvalue weighted by atomic mass is 16.7. The topological polar surface area (TPSA) is 45.5 Å². The molecule has 1 unspecified atom stereocenters. The zero-order chi connectivity index (χ0) is 26.2. The third-order valence-corrected chi connectivity index (χ3v) is 8.11. The summed E-state index contributed by atoms with van der Waals surface area (Å²) in [7, 11) is -0.408. The molecule has 1 atom stereocenters. The second kappa shape index (κ2) is 10.2. The average molecular weight is 498 g/mol. The molecule has 3 aromatic rings. The molecule has 0 aliphatic carbocycles. The van der Waals surface area contributed by atoms with Crippen LogP contribution in [0.2, 0.25) is 0 Å². The van der Waals surface area contributed by atoms with E-state index in [0.29, 0.717) is 0 Å². The van der Waals surface area contributed by atoms with Crippen molar-refractivity contribution in [2.45, 2.75) is 84.7 Å². The molecular weight excluding hydrogens is 459 g/mol. The fraction of sp³-hybridized carbons (Fsp3) is 0.452. The van der Waals surface area contributed by atoms with Crippen LogP contribution in [0.1, 0.15) is 90.1 Å². The molecule has 2 aromatic carbocycles. The van der Waals surface area contributed by atoms with Gasteiger partial charge in [-0.3, -0.25) is 0 Å². The smallest absolute Gasteiger partial charge is 0.400 e. The molecule has 37 heavy (non-hydrogen) atoms. The lowest BCUT2D eigenvalue weighted by Crippen LogP contribution is -2.41. The summed E-state index contributed by atoms with van der Waals surface area (Å²) in [5.74, 6) is 0. The van der Waals surface area contributed by atoms with Gasteiger partial charge in [0.1, 0.15) is 0 Å². The van der Waals surface area contributed by atoms with E-state index < -0.39 is 18.3 Å². The van der Waals surface area contributed by atoms with Crippen molar-refractivity contribution in [1.29, 1.82) is 0 Å². The number of fused-ring (bicyclic) bond motifs is 1. The molecule has 5 rings (SSSR count). The summed E-state index contributed by atoms with van der Waals surface area (Å²) in [4.78, 5) is 0. The summed E-state index contributed by atoms with van der Waals surface area (Å²) in [5.41, 5.74) is 6.10. The number of benzene rings is 2. The fourth-order valence-corrected chi connectivity index (χ4v) is 5.29. The molecule has 3 heterocycles. The van der Waals surface area contributed by atoms with Gasteiger partial charge >= 0.3 is 7.12 Å². The molecule has 5 nitrogen and oxygen atoms in total. The van der Waals surface area contributed by atoms with Gasteiger partial charge in [-0.15, -0.1) is 0 Å². The maximum atomic E-state index is 6.55. The van der Waals surface area contributed by atoms with Crippen molar-refractivity contribution in [3.63, 3.8) is 0 Å². The van der Waals surface area contributed by atoms with Gasteiger partial charge in [-0.25, -0.2) is 4.68 Å². The summed E-state index contributed by atoms with van der Waals surface area (Å²) >= 11 is 0. The van der Waals surface area contributed by atoms with Gasteiger partial charge in [-0.1, -0.05) is 49.4 Å². The Bertz CT molecular complexity index is 1300. The van der Waals surface area contributed by atoms with Crippen LogP contribution in [0.15, 0.2) is 60.2 Å². The largest absolute Gasteiger partial charge is 0.491 e. The van der Waals surface area contributed by atoms with Crippen LogP contribution < -0.4 is 0 Å². The summed E-state index contributed by atoms with van der Waals surface area (Å²) in [5, 5.41) is 5.83. The first-order valence-corrected chi connectivity index (χ1v) is 13.6. The van der Waals surface area contributed by atoms with E-state index in [9.17, 15) is 0 Å². The Kier molecular flexibility index (Phi) is 7.19. The number of nitrogens with zero attached hydrogens (tertiary/aromatic N) is 2. The summed E-state index contributed by atoms with van der Waals surface area (Å²) < 4.78 is 21.2. The van der Waals surface area contributed by atoms with Gasteiger partial charge in [0.15, 0.2) is 6.23 Å². The Morgan fingerprint density at radius 2 is 1.73 bits per heavy atom. The van der Waals surface area contributed by atoms with E-state index in [1.807, 2.05) is 17.8 Å². The molecule has 6 heteroatoms. The number of rotatable bonds is 6. The van der Waals surface area contributed by atoms with Gasteiger partial charge in [0.05, 0.1) is 22.9 Å². The van der Waals surface area contributed by atoms with E-state index >= 15 is 0 Å². The normalized spacial score (nSPS) is 22.1. The third kappa shape index (κ3) is 4.95. The Hall–Kier alpha value is -2.67. The zero-order valence-corrected chi connectivity index (χ0v) is 23.1. The van der Waals surface area contributed by atoms with E-state index in [4.69, 9.17) is 19.1 Å². The highest BCUT2D eigenvalue weighted by molar-refractivity contribution is 6.56. The Labute approximate surface area is 221 Å². The van der Waals surface area contributed by atoms with Gasteiger partial charge in [-0.05, 0) is 100 Å². The molecule has 0 spiro atoms. The lowest BCUT2D eigenvalue weighted by atomic mass is 9.70. The van der Waals surface area contributed by atoms with Crippen molar-refractivity contribution >= 4 is 29.7 Å². The summed E-state index contributed by atoms with van der Waals surface area (Å²) in [6.45, 7) is 13.5. The fourth-order valence-electron chi connectivity index (χ4n) is 5.29. The lowest BCUT2D eigenvalue weighted by Gasteiger charge is -2.32. The van der Waals surface area contributed by atoms with E-state index in [0.717, 1.165) is 58.9 Å². The summed E-state index contributed by atoms with van der Waals surface area (Å²) in [6.07, 6.45) is 10.3. The average Bonchev–Trinajstić information content (AvgIpc) is 3.40. The molecule has 1 aromatic heterocycles. The first-order chi connectivity index (χ1) is 17.7. The molecule has 0 amide bonds. The predicted octanol–water partition coefficient (Wildman–Crippen LogP) is 7.61. The van der Waals surface area contributed by atoms with E-state index in [1.54, 1.807) is 0 Å². The van der Waals surface area contributed by atoms with E-state index in [2.05, 4.69) is 89.2 Å². The highest BCUT2D eigenvalue weighted by Gasteiger charge is 2.52. The quantitative estimate of drug-likeness (QED) is 0.328. The Morgan fingerprint density at radius 3 is 2.35 bits per heavy atom. The van der Waals surface area contributed by atoms with Crippen molar-refractivity contribution in [2.24, 2.45) is 0 Å². The van der Waals surface area contributed by atoms with Crippen LogP contribution in [0.25, 0.3) is 22.6 Å². The molecular formula is C31H39BN2O3. The zero-order valence-electron chi connectivity index (χ0n) is 23.1. The van der Waals surface area contributed by atoms with Gasteiger partial charge in [-0.2, -0.15) is 5.10 Å². The monoisotopic (exact) mass is 498 g/mol. The molecule has 2 fully saturated rings. The maximum absolute atomic E-state index is 6.55. The van der Waals surface area contributed by atoms with Gasteiger partial charge in [0, 0.05) is 12.0 Å². The van der Waals surface area contributed by atoms with Gasteiger partial charge in [0.2, 0.25) is 0 Å². The standard InChI is InChI=1S/C31H39BN2O3/c1-7-11-22-13-15-23(16-14-22)29(26(8-2)32-36-30(3,4)31(5,6)37-32)24-17-18-27-25(20-24)21-33-34(27)28-12-9-10-19-35-28/h7,11,13-18,20-21,28H,8-10,12,19H2,1-6H3/b11-7+,29-26+. The number of allylic oxidation sites excluding steroid dienone is 2. The Morgan fingerprint density at radius 1 is 1.03 bits per heavy atom. The first kappa shape index (κ1) is 26.0. The first-order valence-electron chi connectivity index (χ1n) is 13.6. The number of hydrogen-bond acceptors (Lipinski definition) is 4. The van der Waals surface area contributed by atoms with Crippen LogP contribution in [0, 0.1) is 0 Å². The second-order valence-electron chi connectivity index (χ2n) is 11.1. The van der Waals surface area contributed by atoms with Gasteiger partial charge in [0.25, 0.3) is 0 Å². The van der Waals surface area contributed by atoms with Crippen LogP contribution in [0.4, 0.5) is 0 Å². The third-order valence-electron chi connectivity index (χ3n) is 8.11. The highest BCUT2D eigenvalue weighted by Crippen LogP contribution is 2.42. The molecule has 0 bridgehead atoms. The lowest BCUT2D eigenvalue weighted by molar-refractivity contribution is -0.0366. The Balaban J connectivity index is 1.63. The van der Waals surface area contributed by atoms with Crippen LogP contribution in [-0.4, -0.2) is 34.7 Å². The molecule has 2 aliphatic heterocycles. The molecule has 0 saturated carbocycles. The molecule has 2 saturated heterocycles. The van der Waals surface area contributed by atoms with Crippen molar-refractivity contribution in [3.8, 4) is 0 Å². The number of hydrogen-bond donors (Lipinski definition) is 0. The SMILES string of the molecule is C/C=C/c1ccc(/C(=C(/CC)B2OC(C)(C)C(C)(C)O2)c2ccc3c(cnn3C3CCCCO3)c2)cc1.